The monoisotopic (exact) mass is 420 g/mol. The van der Waals surface area contributed by atoms with Crippen molar-refractivity contribution < 1.29 is 13.2 Å². The Morgan fingerprint density at radius 1 is 1.15 bits per heavy atom. The first kappa shape index (κ1) is 19.8. The van der Waals surface area contributed by atoms with Crippen LogP contribution in [0.1, 0.15) is 12.5 Å². The van der Waals surface area contributed by atoms with Gasteiger partial charge in [0, 0.05) is 16.5 Å². The highest BCUT2D eigenvalue weighted by Gasteiger charge is 2.23. The molecule has 1 heterocycles. The molecule has 5 nitrogen and oxygen atoms in total. The summed E-state index contributed by atoms with van der Waals surface area (Å²) in [5.74, 6) is 0. The second kappa shape index (κ2) is 7.98. The van der Waals surface area contributed by atoms with Crippen molar-refractivity contribution in [3.63, 3.8) is 0 Å². The van der Waals surface area contributed by atoms with Gasteiger partial charge in [-0.15, -0.1) is 0 Å². The molecule has 2 aromatic carbocycles. The van der Waals surface area contributed by atoms with Crippen molar-refractivity contribution in [2.24, 2.45) is 0 Å². The van der Waals surface area contributed by atoms with E-state index in [0.717, 1.165) is 22.7 Å². The fraction of sp³-hybridized carbons (Fsp3) is 0.158. The first-order valence-electron chi connectivity index (χ1n) is 8.12. The quantitative estimate of drug-likeness (QED) is 0.626. The standard InChI is InChI=1S/C19H17ClN2O3S2/c1-12-5-7-14(8-6-12)27(24,25)22-13(2)19(23)26-17-10-9-16(20)15-4-3-11-21-18(15)17/h3-11,13,22H,1-2H3/t13-/m0/s1. The van der Waals surface area contributed by atoms with Gasteiger partial charge in [0.2, 0.25) is 15.1 Å². The minimum atomic E-state index is -3.78. The zero-order valence-electron chi connectivity index (χ0n) is 14.6. The maximum absolute atomic E-state index is 12.6. The van der Waals surface area contributed by atoms with E-state index in [9.17, 15) is 13.2 Å². The van der Waals surface area contributed by atoms with Crippen molar-refractivity contribution >= 4 is 49.4 Å². The van der Waals surface area contributed by atoms with Gasteiger partial charge in [0.25, 0.3) is 0 Å². The molecule has 3 rings (SSSR count). The molecule has 0 saturated carbocycles. The van der Waals surface area contributed by atoms with E-state index in [1.807, 2.05) is 13.0 Å². The van der Waals surface area contributed by atoms with Gasteiger partial charge in [-0.05, 0) is 62.0 Å². The summed E-state index contributed by atoms with van der Waals surface area (Å²) in [7, 11) is -3.78. The lowest BCUT2D eigenvalue weighted by molar-refractivity contribution is -0.112. The predicted molar refractivity (Wildman–Crippen MR) is 109 cm³/mol. The molecule has 0 spiro atoms. The SMILES string of the molecule is Cc1ccc(S(=O)(=O)N[C@@H](C)C(=O)Sc2ccc(Cl)c3cccnc23)cc1. The van der Waals surface area contributed by atoms with E-state index < -0.39 is 16.1 Å². The lowest BCUT2D eigenvalue weighted by atomic mass is 10.2. The van der Waals surface area contributed by atoms with Crippen LogP contribution in [0, 0.1) is 6.92 Å². The van der Waals surface area contributed by atoms with Gasteiger partial charge in [-0.25, -0.2) is 8.42 Å². The zero-order valence-corrected chi connectivity index (χ0v) is 17.0. The Hall–Kier alpha value is -1.93. The second-order valence-electron chi connectivity index (χ2n) is 6.02. The molecule has 8 heteroatoms. The molecule has 1 atom stereocenters. The van der Waals surface area contributed by atoms with Gasteiger partial charge >= 0.3 is 0 Å². The third-order valence-corrected chi connectivity index (χ3v) is 6.90. The summed E-state index contributed by atoms with van der Waals surface area (Å²) in [5.41, 5.74) is 1.56. The van der Waals surface area contributed by atoms with Crippen LogP contribution in [0.25, 0.3) is 10.9 Å². The van der Waals surface area contributed by atoms with Crippen molar-refractivity contribution in [1.82, 2.24) is 9.71 Å². The van der Waals surface area contributed by atoms with Gasteiger partial charge in [0.05, 0.1) is 21.5 Å². The van der Waals surface area contributed by atoms with Crippen LogP contribution in [0.3, 0.4) is 0 Å². The molecule has 1 aromatic heterocycles. The third-order valence-electron chi connectivity index (χ3n) is 3.91. The number of aryl methyl sites for hydroxylation is 1. The number of nitrogens with zero attached hydrogens (tertiary/aromatic N) is 1. The molecule has 0 bridgehead atoms. The normalized spacial score (nSPS) is 12.9. The summed E-state index contributed by atoms with van der Waals surface area (Å²) in [5, 5.41) is 0.952. The van der Waals surface area contributed by atoms with Crippen molar-refractivity contribution in [2.45, 2.75) is 29.7 Å². The summed E-state index contributed by atoms with van der Waals surface area (Å²) >= 11 is 7.11. The number of hydrogen-bond acceptors (Lipinski definition) is 5. The number of halogens is 1. The number of nitrogens with one attached hydrogen (secondary N) is 1. The Kier molecular flexibility index (Phi) is 5.86. The molecular weight excluding hydrogens is 404 g/mol. The van der Waals surface area contributed by atoms with Crippen molar-refractivity contribution in [3.8, 4) is 0 Å². The number of sulfonamides is 1. The fourth-order valence-corrected chi connectivity index (χ4v) is 4.80. The van der Waals surface area contributed by atoms with E-state index in [2.05, 4.69) is 9.71 Å². The number of aromatic nitrogens is 1. The van der Waals surface area contributed by atoms with Gasteiger partial charge in [-0.3, -0.25) is 9.78 Å². The fourth-order valence-electron chi connectivity index (χ4n) is 2.46. The van der Waals surface area contributed by atoms with Crippen LogP contribution in [0.4, 0.5) is 0 Å². The molecule has 0 aliphatic rings. The van der Waals surface area contributed by atoms with E-state index in [1.54, 1.807) is 36.5 Å². The molecule has 0 fully saturated rings. The summed E-state index contributed by atoms with van der Waals surface area (Å²) in [6.07, 6.45) is 1.62. The maximum Gasteiger partial charge on any atom is 0.241 e. The Labute approximate surface area is 167 Å². The van der Waals surface area contributed by atoms with Crippen molar-refractivity contribution in [1.29, 1.82) is 0 Å². The maximum atomic E-state index is 12.6. The van der Waals surface area contributed by atoms with Crippen LogP contribution in [0.15, 0.2) is 64.5 Å². The van der Waals surface area contributed by atoms with E-state index in [0.29, 0.717) is 15.4 Å². The lowest BCUT2D eigenvalue weighted by Crippen LogP contribution is -2.37. The molecule has 3 aromatic rings. The van der Waals surface area contributed by atoms with Crippen LogP contribution in [0.2, 0.25) is 5.02 Å². The van der Waals surface area contributed by atoms with Crippen LogP contribution >= 0.6 is 23.4 Å². The van der Waals surface area contributed by atoms with E-state index >= 15 is 0 Å². The Morgan fingerprint density at radius 3 is 2.56 bits per heavy atom. The topological polar surface area (TPSA) is 76.1 Å². The van der Waals surface area contributed by atoms with Crippen LogP contribution in [-0.2, 0) is 14.8 Å². The van der Waals surface area contributed by atoms with Gasteiger partial charge in [0.1, 0.15) is 0 Å². The third kappa shape index (κ3) is 4.50. The summed E-state index contributed by atoms with van der Waals surface area (Å²) in [6.45, 7) is 3.39. The Morgan fingerprint density at radius 2 is 1.85 bits per heavy atom. The van der Waals surface area contributed by atoms with E-state index in [1.165, 1.54) is 19.1 Å². The lowest BCUT2D eigenvalue weighted by Gasteiger charge is -2.14. The van der Waals surface area contributed by atoms with Gasteiger partial charge in [0.15, 0.2) is 0 Å². The first-order chi connectivity index (χ1) is 12.8. The highest BCUT2D eigenvalue weighted by atomic mass is 35.5. The number of carbonyl (C=O) groups excluding carboxylic acids is 1. The number of pyridine rings is 1. The van der Waals surface area contributed by atoms with Gasteiger partial charge in [-0.2, -0.15) is 4.72 Å². The molecule has 0 saturated heterocycles. The Bertz CT molecular complexity index is 1100. The van der Waals surface area contributed by atoms with Crippen LogP contribution in [-0.4, -0.2) is 24.6 Å². The van der Waals surface area contributed by atoms with Gasteiger partial charge in [-0.1, -0.05) is 29.3 Å². The second-order valence-corrected chi connectivity index (χ2v) is 9.19. The van der Waals surface area contributed by atoms with Crippen LogP contribution < -0.4 is 4.72 Å². The number of thioether (sulfide) groups is 1. The van der Waals surface area contributed by atoms with Crippen molar-refractivity contribution in [2.75, 3.05) is 0 Å². The largest absolute Gasteiger partial charge is 0.285 e. The molecule has 0 radical (unpaired) electrons. The summed E-state index contributed by atoms with van der Waals surface area (Å²) in [6, 6.07) is 12.5. The minimum absolute atomic E-state index is 0.122. The first-order valence-corrected chi connectivity index (χ1v) is 10.8. The molecule has 27 heavy (non-hydrogen) atoms. The number of carbonyl (C=O) groups is 1. The predicted octanol–water partition coefficient (Wildman–Crippen LogP) is 4.18. The molecule has 0 aliphatic carbocycles. The summed E-state index contributed by atoms with van der Waals surface area (Å²) in [4.78, 5) is 17.6. The number of hydrogen-bond donors (Lipinski definition) is 1. The summed E-state index contributed by atoms with van der Waals surface area (Å²) < 4.78 is 27.4. The smallest absolute Gasteiger partial charge is 0.241 e. The number of benzene rings is 2. The van der Waals surface area contributed by atoms with Crippen molar-refractivity contribution in [3.05, 3.63) is 65.3 Å². The number of fused-ring (bicyclic) bond motifs is 1. The molecular formula is C19H17ClN2O3S2. The highest BCUT2D eigenvalue weighted by Crippen LogP contribution is 2.32. The number of rotatable bonds is 5. The zero-order chi connectivity index (χ0) is 19.6. The van der Waals surface area contributed by atoms with Gasteiger partial charge < -0.3 is 0 Å². The average Bonchev–Trinajstić information content (AvgIpc) is 2.64. The highest BCUT2D eigenvalue weighted by molar-refractivity contribution is 8.14. The average molecular weight is 421 g/mol. The Balaban J connectivity index is 1.79. The van der Waals surface area contributed by atoms with E-state index in [4.69, 9.17) is 11.6 Å². The molecule has 0 unspecified atom stereocenters. The molecule has 0 aliphatic heterocycles. The van der Waals surface area contributed by atoms with E-state index in [-0.39, 0.29) is 10.0 Å². The van der Waals surface area contributed by atoms with Crippen LogP contribution in [0.5, 0.6) is 0 Å². The minimum Gasteiger partial charge on any atom is -0.285 e. The molecule has 1 N–H and O–H groups in total. The molecule has 0 amide bonds. The molecule has 140 valence electrons.